The van der Waals surface area contributed by atoms with Crippen LogP contribution in [0.2, 0.25) is 0 Å². The quantitative estimate of drug-likeness (QED) is 0.0227. The fraction of sp³-hybridized carbons (Fsp3) is 0.425. The molecule has 3 aliphatic heterocycles. The fourth-order valence-corrected chi connectivity index (χ4v) is 12.7. The van der Waals surface area contributed by atoms with E-state index in [0.29, 0.717) is 73.6 Å². The summed E-state index contributed by atoms with van der Waals surface area (Å²) in [6.07, 6.45) is 4.09. The van der Waals surface area contributed by atoms with E-state index in [1.165, 1.54) is 0 Å². The van der Waals surface area contributed by atoms with E-state index in [2.05, 4.69) is 18.2 Å². The number of rotatable bonds is 27. The van der Waals surface area contributed by atoms with Crippen molar-refractivity contribution in [3.63, 3.8) is 0 Å². The van der Waals surface area contributed by atoms with Gasteiger partial charge in [0.25, 0.3) is 0 Å². The van der Waals surface area contributed by atoms with Crippen LogP contribution in [-0.2, 0) is 57.2 Å². The van der Waals surface area contributed by atoms with Gasteiger partial charge in [-0.1, -0.05) is 54.6 Å². The molecule has 3 unspecified atom stereocenters. The molecule has 3 aromatic carbocycles. The van der Waals surface area contributed by atoms with Crippen LogP contribution in [-0.4, -0.2) is 149 Å². The van der Waals surface area contributed by atoms with Crippen molar-refractivity contribution in [2.24, 2.45) is 23.7 Å². The molecule has 3 heterocycles. The molecule has 500 valence electrons. The summed E-state index contributed by atoms with van der Waals surface area (Å²) in [6.45, 7) is 0.558. The Labute approximate surface area is 562 Å². The largest absolute Gasteiger partial charge is 0.490 e. The summed E-state index contributed by atoms with van der Waals surface area (Å²) in [5, 5.41) is 64.6. The Kier molecular flexibility index (Phi) is 25.4. The maximum absolute atomic E-state index is 14.5. The van der Waals surface area contributed by atoms with Gasteiger partial charge < -0.3 is 57.3 Å². The number of hydrogen-bond donors (Lipinski definition) is 0. The van der Waals surface area contributed by atoms with Gasteiger partial charge in [0, 0.05) is 75.6 Å². The molecule has 0 N–H and O–H groups in total. The lowest BCUT2D eigenvalue weighted by molar-refractivity contribution is -0.151. The van der Waals surface area contributed by atoms with Crippen LogP contribution < -0.4 is 14.2 Å². The van der Waals surface area contributed by atoms with Crippen molar-refractivity contribution in [1.29, 1.82) is 31.6 Å². The van der Waals surface area contributed by atoms with Gasteiger partial charge in [0.15, 0.2) is 0 Å². The van der Waals surface area contributed by atoms with Gasteiger partial charge in [-0.3, -0.25) is 14.4 Å². The number of esters is 6. The van der Waals surface area contributed by atoms with Crippen LogP contribution in [0.4, 0.5) is 0 Å². The second kappa shape index (κ2) is 35.2. The van der Waals surface area contributed by atoms with Gasteiger partial charge in [-0.2, -0.15) is 31.6 Å². The highest BCUT2D eigenvalue weighted by molar-refractivity contribution is 5.97. The highest BCUT2D eigenvalue weighted by atomic mass is 16.6. The number of carbonyl (C=O) groups is 6. The molecule has 0 bridgehead atoms. The minimum absolute atomic E-state index is 0.00310. The summed E-state index contributed by atoms with van der Waals surface area (Å²) in [6, 6.07) is 38.8. The van der Waals surface area contributed by atoms with Crippen LogP contribution in [0.5, 0.6) is 17.2 Å². The number of ether oxygens (including phenoxy) is 9. The minimum atomic E-state index is -1.37. The standard InChI is InChI=1S/C73H73N9O15/c74-40-59-56(34-50(37-65(59)80-22-10-11-23-80)68(83)92-31-28-89-53-16-4-1-5-17-53)62(43-77)71(86)95-46-49(47-96-72(87)63(44-78)57-35-51(38-66(60(57)41-75)81-24-12-13-25-81)69(84)93-32-29-90-54-18-6-2-7-19-54)48-97-73(88)64(45-79)58-36-52(39-67(61(58)42-76)82-26-14-15-27-82)70(85)94-33-30-91-55-20-8-3-9-21-55/h1-9,16-21,49-52H,10-15,22-39,46-48H2/b62-56+,63-57+,64-58+. The van der Waals surface area contributed by atoms with Gasteiger partial charge in [-0.15, -0.1) is 0 Å². The SMILES string of the molecule is N#CC1=C(N2CCCC2)CC(C(=O)OCCOc2ccccc2)C/C1=C(/C#N)C(=O)OCC(COC(=O)/C(C#N)=C1\CC(C(=O)OCCOc2ccccc2)CC(N2CCCC2)=C1C#N)COC(=O)/C(C#N)=C1\CC(C(=O)OCCOc2ccccc2)CC(N2CCCC2)=C1C#N. The number of carbonyl (C=O) groups excluding carboxylic acids is 6. The first-order valence-electron chi connectivity index (χ1n) is 32.5. The summed E-state index contributed by atoms with van der Waals surface area (Å²) >= 11 is 0. The molecule has 3 saturated heterocycles. The lowest BCUT2D eigenvalue weighted by Gasteiger charge is -2.32. The molecule has 9 rings (SSSR count). The van der Waals surface area contributed by atoms with Gasteiger partial charge in [0.2, 0.25) is 0 Å². The van der Waals surface area contributed by atoms with E-state index in [0.717, 1.165) is 38.5 Å². The maximum atomic E-state index is 14.5. The zero-order valence-electron chi connectivity index (χ0n) is 53.7. The Morgan fingerprint density at radius 1 is 0.361 bits per heavy atom. The fourth-order valence-electron chi connectivity index (χ4n) is 12.7. The lowest BCUT2D eigenvalue weighted by atomic mass is 9.81. The Hall–Kier alpha value is -11.3. The number of nitriles is 6. The lowest BCUT2D eigenvalue weighted by Crippen LogP contribution is -2.32. The molecule has 0 aromatic heterocycles. The van der Waals surface area contributed by atoms with E-state index in [9.17, 15) is 60.3 Å². The Morgan fingerprint density at radius 3 is 0.856 bits per heavy atom. The van der Waals surface area contributed by atoms with Crippen molar-refractivity contribution in [2.75, 3.05) is 98.7 Å². The predicted molar refractivity (Wildman–Crippen MR) is 341 cm³/mol. The third kappa shape index (κ3) is 18.3. The van der Waals surface area contributed by atoms with E-state index in [-0.39, 0.29) is 112 Å². The number of para-hydroxylation sites is 3. The molecular formula is C73H73N9O15. The van der Waals surface area contributed by atoms with E-state index in [1.54, 1.807) is 72.8 Å². The number of hydrogen-bond acceptors (Lipinski definition) is 24. The molecule has 0 spiro atoms. The molecule has 97 heavy (non-hydrogen) atoms. The second-order valence-electron chi connectivity index (χ2n) is 23.7. The average Bonchev–Trinajstić information content (AvgIpc) is 1.79. The topological polar surface area (TPSA) is 338 Å². The summed E-state index contributed by atoms with van der Waals surface area (Å²) in [5.74, 6) is -8.33. The monoisotopic (exact) mass is 1320 g/mol. The first kappa shape index (κ1) is 70.0. The van der Waals surface area contributed by atoms with Gasteiger partial charge in [0.05, 0.1) is 40.4 Å². The molecule has 24 heteroatoms. The molecule has 0 radical (unpaired) electrons. The molecule has 0 saturated carbocycles. The summed E-state index contributed by atoms with van der Waals surface area (Å²) in [5.41, 5.74) is -0.781. The molecular weight excluding hydrogens is 1240 g/mol. The van der Waals surface area contributed by atoms with Crippen LogP contribution in [0.3, 0.4) is 0 Å². The molecule has 3 aromatic rings. The van der Waals surface area contributed by atoms with E-state index >= 15 is 0 Å². The first-order chi connectivity index (χ1) is 47.4. The number of benzene rings is 3. The minimum Gasteiger partial charge on any atom is -0.490 e. The van der Waals surface area contributed by atoms with Crippen LogP contribution in [0.25, 0.3) is 0 Å². The van der Waals surface area contributed by atoms with Crippen molar-refractivity contribution >= 4 is 35.8 Å². The maximum Gasteiger partial charge on any atom is 0.349 e. The number of nitrogens with zero attached hydrogens (tertiary/aromatic N) is 9. The molecule has 3 atom stereocenters. The molecule has 3 fully saturated rings. The third-order valence-corrected chi connectivity index (χ3v) is 17.5. The predicted octanol–water partition coefficient (Wildman–Crippen LogP) is 8.41. The van der Waals surface area contributed by atoms with E-state index in [1.807, 2.05) is 51.1 Å². The summed E-state index contributed by atoms with van der Waals surface area (Å²) < 4.78 is 51.5. The van der Waals surface area contributed by atoms with Crippen molar-refractivity contribution in [3.8, 4) is 53.7 Å². The molecule has 3 aliphatic carbocycles. The number of allylic oxidation sites excluding steroid dienone is 9. The Balaban J connectivity index is 0.992. The van der Waals surface area contributed by atoms with Crippen LogP contribution >= 0.6 is 0 Å². The second-order valence-corrected chi connectivity index (χ2v) is 23.7. The van der Waals surface area contributed by atoms with Crippen LogP contribution in [0.15, 0.2) is 158 Å². The van der Waals surface area contributed by atoms with Gasteiger partial charge >= 0.3 is 35.8 Å². The van der Waals surface area contributed by atoms with Crippen molar-refractivity contribution in [1.82, 2.24) is 14.7 Å². The van der Waals surface area contributed by atoms with E-state index in [4.69, 9.17) is 42.6 Å². The van der Waals surface area contributed by atoms with Crippen molar-refractivity contribution < 1.29 is 71.4 Å². The molecule has 6 aliphatic rings. The van der Waals surface area contributed by atoms with Crippen LogP contribution in [0.1, 0.15) is 77.0 Å². The van der Waals surface area contributed by atoms with Crippen LogP contribution in [0, 0.1) is 91.7 Å². The molecule has 0 amide bonds. The van der Waals surface area contributed by atoms with Gasteiger partial charge in [0.1, 0.15) is 130 Å². The zero-order valence-corrected chi connectivity index (χ0v) is 53.7. The highest BCUT2D eigenvalue weighted by Gasteiger charge is 2.41. The van der Waals surface area contributed by atoms with E-state index < -0.39 is 96.0 Å². The smallest absolute Gasteiger partial charge is 0.349 e. The Bertz CT molecular complexity index is 3480. The van der Waals surface area contributed by atoms with Gasteiger partial charge in [-0.25, -0.2) is 14.4 Å². The highest BCUT2D eigenvalue weighted by Crippen LogP contribution is 2.42. The van der Waals surface area contributed by atoms with Gasteiger partial charge in [-0.05, 0) is 111 Å². The summed E-state index contributed by atoms with van der Waals surface area (Å²) in [4.78, 5) is 90.9. The first-order valence-corrected chi connectivity index (χ1v) is 32.5. The average molecular weight is 1320 g/mol. The number of likely N-dealkylation sites (tertiary alicyclic amines) is 3. The van der Waals surface area contributed by atoms with Crippen molar-refractivity contribution in [3.05, 3.63) is 158 Å². The zero-order chi connectivity index (χ0) is 68.5. The summed E-state index contributed by atoms with van der Waals surface area (Å²) in [7, 11) is 0. The Morgan fingerprint density at radius 2 is 0.619 bits per heavy atom. The third-order valence-electron chi connectivity index (χ3n) is 17.5. The normalized spacial score (nSPS) is 20.2. The van der Waals surface area contributed by atoms with Crippen molar-refractivity contribution in [2.45, 2.75) is 77.0 Å². The molecule has 24 nitrogen and oxygen atoms in total.